The molecule has 0 radical (unpaired) electrons. The lowest BCUT2D eigenvalue weighted by Gasteiger charge is -2.03. The summed E-state index contributed by atoms with van der Waals surface area (Å²) in [6.07, 6.45) is 3.48. The summed E-state index contributed by atoms with van der Waals surface area (Å²) in [5, 5.41) is 9.34. The van der Waals surface area contributed by atoms with Crippen LogP contribution in [0.4, 0.5) is 0 Å². The lowest BCUT2D eigenvalue weighted by Crippen LogP contribution is -1.83. The van der Waals surface area contributed by atoms with Gasteiger partial charge in [0.25, 0.3) is 0 Å². The van der Waals surface area contributed by atoms with E-state index >= 15 is 0 Å². The maximum absolute atomic E-state index is 9.34. The van der Waals surface area contributed by atoms with Gasteiger partial charge in [-0.2, -0.15) is 0 Å². The predicted octanol–water partition coefficient (Wildman–Crippen LogP) is 2.64. The van der Waals surface area contributed by atoms with E-state index in [0.717, 1.165) is 17.3 Å². The van der Waals surface area contributed by atoms with Crippen LogP contribution in [0.2, 0.25) is 0 Å². The van der Waals surface area contributed by atoms with E-state index < -0.39 is 0 Å². The zero-order chi connectivity index (χ0) is 7.84. The number of phenolic OH excluding ortho intramolecular Hbond substituents is 1. The first-order chi connectivity index (χ1) is 5.29. The minimum atomic E-state index is 0.366. The number of rotatable bonds is 0. The van der Waals surface area contributed by atoms with Gasteiger partial charge in [0.15, 0.2) is 0 Å². The molecule has 2 heteroatoms. The van der Waals surface area contributed by atoms with E-state index in [1.807, 2.05) is 6.07 Å². The Morgan fingerprint density at radius 1 is 1.27 bits per heavy atom. The third-order valence-electron chi connectivity index (χ3n) is 2.19. The van der Waals surface area contributed by atoms with Crippen molar-refractivity contribution in [2.75, 3.05) is 0 Å². The van der Waals surface area contributed by atoms with E-state index in [9.17, 15) is 5.11 Å². The molecule has 0 saturated carbocycles. The molecular formula is C9H9BrO. The van der Waals surface area contributed by atoms with Crippen molar-refractivity contribution in [3.05, 3.63) is 27.7 Å². The Hall–Kier alpha value is -0.500. The summed E-state index contributed by atoms with van der Waals surface area (Å²) in [5.41, 5.74) is 2.68. The SMILES string of the molecule is Oc1ccc2c(c1Br)CCC2. The molecule has 0 atom stereocenters. The van der Waals surface area contributed by atoms with Crippen LogP contribution in [0.25, 0.3) is 0 Å². The zero-order valence-corrected chi connectivity index (χ0v) is 7.69. The monoisotopic (exact) mass is 212 g/mol. The molecule has 0 bridgehead atoms. The van der Waals surface area contributed by atoms with Crippen LogP contribution in [-0.2, 0) is 12.8 Å². The smallest absolute Gasteiger partial charge is 0.130 e. The summed E-state index contributed by atoms with van der Waals surface area (Å²) in [6, 6.07) is 3.77. The lowest BCUT2D eigenvalue weighted by atomic mass is 10.1. The number of aromatic hydroxyl groups is 1. The number of halogens is 1. The van der Waals surface area contributed by atoms with Crippen molar-refractivity contribution in [1.82, 2.24) is 0 Å². The molecule has 1 N–H and O–H groups in total. The van der Waals surface area contributed by atoms with Crippen molar-refractivity contribution in [2.24, 2.45) is 0 Å². The zero-order valence-electron chi connectivity index (χ0n) is 6.10. The molecule has 1 aromatic rings. The molecule has 0 spiro atoms. The summed E-state index contributed by atoms with van der Waals surface area (Å²) in [5.74, 6) is 0.366. The fourth-order valence-corrected chi connectivity index (χ4v) is 2.19. The highest BCUT2D eigenvalue weighted by Crippen LogP contribution is 2.34. The van der Waals surface area contributed by atoms with Crippen molar-refractivity contribution in [1.29, 1.82) is 0 Å². The average molecular weight is 213 g/mol. The van der Waals surface area contributed by atoms with E-state index in [2.05, 4.69) is 15.9 Å². The van der Waals surface area contributed by atoms with Crippen LogP contribution in [0.5, 0.6) is 5.75 Å². The normalized spacial score (nSPS) is 15.0. The maximum atomic E-state index is 9.34. The van der Waals surface area contributed by atoms with Crippen LogP contribution in [0.15, 0.2) is 16.6 Å². The number of benzene rings is 1. The number of fused-ring (bicyclic) bond motifs is 1. The van der Waals surface area contributed by atoms with Gasteiger partial charge in [0, 0.05) is 0 Å². The topological polar surface area (TPSA) is 20.2 Å². The molecule has 0 saturated heterocycles. The highest BCUT2D eigenvalue weighted by Gasteiger charge is 2.15. The second-order valence-corrected chi connectivity index (χ2v) is 3.68. The summed E-state index contributed by atoms with van der Waals surface area (Å²) >= 11 is 3.38. The van der Waals surface area contributed by atoms with Gasteiger partial charge in [-0.1, -0.05) is 6.07 Å². The van der Waals surface area contributed by atoms with Gasteiger partial charge < -0.3 is 5.11 Å². The van der Waals surface area contributed by atoms with Crippen LogP contribution in [-0.4, -0.2) is 5.11 Å². The van der Waals surface area contributed by atoms with Crippen LogP contribution in [0.3, 0.4) is 0 Å². The molecule has 1 nitrogen and oxygen atoms in total. The highest BCUT2D eigenvalue weighted by atomic mass is 79.9. The first-order valence-corrected chi connectivity index (χ1v) is 4.57. The van der Waals surface area contributed by atoms with Crippen molar-refractivity contribution in [3.63, 3.8) is 0 Å². The van der Waals surface area contributed by atoms with Gasteiger partial charge in [-0.15, -0.1) is 0 Å². The molecule has 1 aromatic carbocycles. The molecule has 0 unspecified atom stereocenters. The molecule has 0 aliphatic heterocycles. The second kappa shape index (κ2) is 2.52. The van der Waals surface area contributed by atoms with E-state index in [-0.39, 0.29) is 0 Å². The third kappa shape index (κ3) is 1.06. The van der Waals surface area contributed by atoms with Gasteiger partial charge in [-0.05, 0) is 52.4 Å². The van der Waals surface area contributed by atoms with Gasteiger partial charge in [0.05, 0.1) is 4.47 Å². The molecule has 2 rings (SSSR count). The number of phenols is 1. The minimum Gasteiger partial charge on any atom is -0.507 e. The van der Waals surface area contributed by atoms with Crippen LogP contribution in [0, 0.1) is 0 Å². The Labute approximate surface area is 74.2 Å². The van der Waals surface area contributed by atoms with E-state index in [0.29, 0.717) is 5.75 Å². The summed E-state index contributed by atoms with van der Waals surface area (Å²) in [7, 11) is 0. The van der Waals surface area contributed by atoms with Gasteiger partial charge in [0.2, 0.25) is 0 Å². The minimum absolute atomic E-state index is 0.366. The Morgan fingerprint density at radius 2 is 2.09 bits per heavy atom. The molecule has 0 heterocycles. The van der Waals surface area contributed by atoms with Crippen LogP contribution < -0.4 is 0 Å². The van der Waals surface area contributed by atoms with Gasteiger partial charge in [0.1, 0.15) is 5.75 Å². The molecular weight excluding hydrogens is 204 g/mol. The van der Waals surface area contributed by atoms with Gasteiger partial charge in [-0.3, -0.25) is 0 Å². The molecule has 0 fully saturated rings. The van der Waals surface area contributed by atoms with E-state index in [1.165, 1.54) is 17.5 Å². The van der Waals surface area contributed by atoms with Crippen LogP contribution in [0.1, 0.15) is 17.5 Å². The van der Waals surface area contributed by atoms with Crippen molar-refractivity contribution >= 4 is 15.9 Å². The largest absolute Gasteiger partial charge is 0.507 e. The number of hydrogen-bond donors (Lipinski definition) is 1. The summed E-state index contributed by atoms with van der Waals surface area (Å²) in [6.45, 7) is 0. The molecule has 0 amide bonds. The van der Waals surface area contributed by atoms with E-state index in [1.54, 1.807) is 6.07 Å². The molecule has 1 aliphatic carbocycles. The molecule has 1 aliphatic rings. The Morgan fingerprint density at radius 3 is 2.91 bits per heavy atom. The average Bonchev–Trinajstić information content (AvgIpc) is 2.45. The highest BCUT2D eigenvalue weighted by molar-refractivity contribution is 9.10. The van der Waals surface area contributed by atoms with Gasteiger partial charge in [-0.25, -0.2) is 0 Å². The first kappa shape index (κ1) is 7.17. The summed E-state index contributed by atoms with van der Waals surface area (Å²) < 4.78 is 0.896. The first-order valence-electron chi connectivity index (χ1n) is 3.78. The quantitative estimate of drug-likeness (QED) is 0.702. The van der Waals surface area contributed by atoms with Crippen LogP contribution >= 0.6 is 15.9 Å². The van der Waals surface area contributed by atoms with Gasteiger partial charge >= 0.3 is 0 Å². The standard InChI is InChI=1S/C9H9BrO/c10-9-7-3-1-2-6(7)4-5-8(9)11/h4-5,11H,1-3H2. The number of aryl methyl sites for hydroxylation is 1. The molecule has 11 heavy (non-hydrogen) atoms. The number of hydrogen-bond acceptors (Lipinski definition) is 1. The molecule has 58 valence electrons. The Kier molecular flexibility index (Phi) is 1.64. The summed E-state index contributed by atoms with van der Waals surface area (Å²) in [4.78, 5) is 0. The maximum Gasteiger partial charge on any atom is 0.130 e. The van der Waals surface area contributed by atoms with Crippen molar-refractivity contribution in [2.45, 2.75) is 19.3 Å². The third-order valence-corrected chi connectivity index (χ3v) is 3.08. The van der Waals surface area contributed by atoms with E-state index in [4.69, 9.17) is 0 Å². The molecule has 0 aromatic heterocycles. The Balaban J connectivity index is 2.62. The Bertz CT molecular complexity index is 294. The lowest BCUT2D eigenvalue weighted by molar-refractivity contribution is 0.471. The van der Waals surface area contributed by atoms with Crippen molar-refractivity contribution in [3.8, 4) is 5.75 Å². The van der Waals surface area contributed by atoms with Crippen molar-refractivity contribution < 1.29 is 5.11 Å². The fourth-order valence-electron chi connectivity index (χ4n) is 1.61. The predicted molar refractivity (Wildman–Crippen MR) is 47.8 cm³/mol. The fraction of sp³-hybridized carbons (Fsp3) is 0.333. The second-order valence-electron chi connectivity index (χ2n) is 2.89.